The van der Waals surface area contributed by atoms with Crippen LogP contribution >= 0.6 is 0 Å². The van der Waals surface area contributed by atoms with E-state index in [-0.39, 0.29) is 17.4 Å². The second-order valence-corrected chi connectivity index (χ2v) is 7.84. The maximum absolute atomic E-state index is 14.9. The molecule has 0 spiro atoms. The minimum Gasteiger partial charge on any atom is -0.379 e. The third-order valence-electron chi connectivity index (χ3n) is 5.79. The molecule has 9 heteroatoms. The first-order chi connectivity index (χ1) is 15.8. The maximum atomic E-state index is 14.9. The SMILES string of the molecule is COC1CCOC(c2ccccc2)C1OCc1cc(F)c(-n2ccnc2C)cc1C(F)(F)F. The smallest absolute Gasteiger partial charge is 0.379 e. The Labute approximate surface area is 188 Å². The van der Waals surface area contributed by atoms with Gasteiger partial charge in [0.1, 0.15) is 23.8 Å². The second-order valence-electron chi connectivity index (χ2n) is 7.84. The molecule has 0 amide bonds. The van der Waals surface area contributed by atoms with Crippen LogP contribution in [0.5, 0.6) is 0 Å². The Bertz CT molecular complexity index is 1090. The number of hydrogen-bond donors (Lipinski definition) is 0. The summed E-state index contributed by atoms with van der Waals surface area (Å²) in [4.78, 5) is 3.96. The fourth-order valence-electron chi connectivity index (χ4n) is 4.13. The van der Waals surface area contributed by atoms with Gasteiger partial charge in [0.05, 0.1) is 30.6 Å². The molecule has 2 aromatic carbocycles. The van der Waals surface area contributed by atoms with Crippen molar-refractivity contribution in [3.05, 3.63) is 83.2 Å². The van der Waals surface area contributed by atoms with Gasteiger partial charge in [-0.3, -0.25) is 0 Å². The van der Waals surface area contributed by atoms with Crippen LogP contribution in [-0.2, 0) is 27.0 Å². The van der Waals surface area contributed by atoms with E-state index in [1.807, 2.05) is 30.3 Å². The average Bonchev–Trinajstić information content (AvgIpc) is 3.22. The topological polar surface area (TPSA) is 45.5 Å². The van der Waals surface area contributed by atoms with Gasteiger partial charge >= 0.3 is 6.18 Å². The quantitative estimate of drug-likeness (QED) is 0.459. The molecule has 0 bridgehead atoms. The average molecular weight is 464 g/mol. The number of ether oxygens (including phenoxy) is 3. The monoisotopic (exact) mass is 464 g/mol. The molecule has 0 N–H and O–H groups in total. The number of halogens is 4. The lowest BCUT2D eigenvalue weighted by Gasteiger charge is -2.37. The summed E-state index contributed by atoms with van der Waals surface area (Å²) in [5.74, 6) is -0.426. The van der Waals surface area contributed by atoms with Crippen molar-refractivity contribution in [2.75, 3.05) is 13.7 Å². The Hall–Kier alpha value is -2.75. The number of benzene rings is 2. The molecule has 0 aliphatic carbocycles. The van der Waals surface area contributed by atoms with Gasteiger partial charge < -0.3 is 18.8 Å². The van der Waals surface area contributed by atoms with E-state index >= 15 is 0 Å². The number of rotatable bonds is 6. The lowest BCUT2D eigenvalue weighted by Crippen LogP contribution is -2.42. The number of aromatic nitrogens is 2. The van der Waals surface area contributed by atoms with Crippen molar-refractivity contribution in [3.63, 3.8) is 0 Å². The minimum absolute atomic E-state index is 0.223. The molecule has 3 unspecified atom stereocenters. The van der Waals surface area contributed by atoms with Crippen molar-refractivity contribution >= 4 is 0 Å². The van der Waals surface area contributed by atoms with Gasteiger partial charge in [-0.15, -0.1) is 0 Å². The van der Waals surface area contributed by atoms with Gasteiger partial charge in [-0.25, -0.2) is 9.37 Å². The molecular formula is C24H24F4N2O3. The molecule has 3 atom stereocenters. The van der Waals surface area contributed by atoms with Gasteiger partial charge in [-0.1, -0.05) is 30.3 Å². The molecular weight excluding hydrogens is 440 g/mol. The normalized spacial score (nSPS) is 21.3. The molecule has 5 nitrogen and oxygen atoms in total. The molecule has 1 aliphatic heterocycles. The Morgan fingerprint density at radius 3 is 2.58 bits per heavy atom. The molecule has 4 rings (SSSR count). The van der Waals surface area contributed by atoms with Crippen molar-refractivity contribution < 1.29 is 31.8 Å². The molecule has 33 heavy (non-hydrogen) atoms. The maximum Gasteiger partial charge on any atom is 0.416 e. The summed E-state index contributed by atoms with van der Waals surface area (Å²) in [7, 11) is 1.53. The van der Waals surface area contributed by atoms with E-state index in [1.165, 1.54) is 24.1 Å². The molecule has 1 aromatic heterocycles. The largest absolute Gasteiger partial charge is 0.416 e. The van der Waals surface area contributed by atoms with Gasteiger partial charge in [0.2, 0.25) is 0 Å². The molecule has 0 radical (unpaired) electrons. The highest BCUT2D eigenvalue weighted by atomic mass is 19.4. The number of hydrogen-bond acceptors (Lipinski definition) is 4. The number of methoxy groups -OCH3 is 1. The molecule has 176 valence electrons. The van der Waals surface area contributed by atoms with Crippen molar-refractivity contribution in [3.8, 4) is 5.69 Å². The Morgan fingerprint density at radius 1 is 1.18 bits per heavy atom. The van der Waals surface area contributed by atoms with Crippen LogP contribution in [0.15, 0.2) is 54.9 Å². The molecule has 1 aliphatic rings. The first-order valence-corrected chi connectivity index (χ1v) is 10.5. The lowest BCUT2D eigenvalue weighted by atomic mass is 9.95. The van der Waals surface area contributed by atoms with Gasteiger partial charge in [-0.05, 0) is 36.6 Å². The van der Waals surface area contributed by atoms with Crippen LogP contribution in [0.1, 0.15) is 35.0 Å². The predicted molar refractivity (Wildman–Crippen MR) is 112 cm³/mol. The van der Waals surface area contributed by atoms with E-state index in [9.17, 15) is 17.6 Å². The van der Waals surface area contributed by atoms with Crippen LogP contribution in [0.2, 0.25) is 0 Å². The molecule has 2 heterocycles. The Morgan fingerprint density at radius 2 is 1.94 bits per heavy atom. The van der Waals surface area contributed by atoms with Crippen LogP contribution in [0.25, 0.3) is 5.69 Å². The summed E-state index contributed by atoms with van der Waals surface area (Å²) in [6.45, 7) is 1.56. The fraction of sp³-hybridized carbons (Fsp3) is 0.375. The summed E-state index contributed by atoms with van der Waals surface area (Å²) in [5, 5.41) is 0. The highest BCUT2D eigenvalue weighted by molar-refractivity contribution is 5.44. The van der Waals surface area contributed by atoms with Crippen LogP contribution in [0, 0.1) is 12.7 Å². The lowest BCUT2D eigenvalue weighted by molar-refractivity contribution is -0.177. The third kappa shape index (κ3) is 4.95. The Kier molecular flexibility index (Phi) is 6.83. The van der Waals surface area contributed by atoms with Gasteiger partial charge in [-0.2, -0.15) is 13.2 Å². The third-order valence-corrected chi connectivity index (χ3v) is 5.79. The van der Waals surface area contributed by atoms with Crippen LogP contribution in [0.4, 0.5) is 17.6 Å². The van der Waals surface area contributed by atoms with Gasteiger partial charge in [0.25, 0.3) is 0 Å². The summed E-state index contributed by atoms with van der Waals surface area (Å²) >= 11 is 0. The molecule has 1 saturated heterocycles. The standard InChI is InChI=1S/C24H24F4N2O3/c1-15-29-9-10-30(15)20-13-18(24(26,27)28)17(12-19(20)25)14-33-23-21(31-2)8-11-32-22(23)16-6-4-3-5-7-16/h3-7,9-10,12-13,21-23H,8,11,14H2,1-2H3. The summed E-state index contributed by atoms with van der Waals surface area (Å²) in [6, 6.07) is 10.9. The molecule has 3 aromatic rings. The van der Waals surface area contributed by atoms with Crippen molar-refractivity contribution in [1.82, 2.24) is 9.55 Å². The van der Waals surface area contributed by atoms with E-state index in [1.54, 1.807) is 6.92 Å². The van der Waals surface area contributed by atoms with E-state index in [0.717, 1.165) is 17.7 Å². The zero-order valence-corrected chi connectivity index (χ0v) is 18.2. The number of imidazole rings is 1. The van der Waals surface area contributed by atoms with Gasteiger partial charge in [0, 0.05) is 19.5 Å². The highest BCUT2D eigenvalue weighted by Gasteiger charge is 2.38. The fourth-order valence-corrected chi connectivity index (χ4v) is 4.13. The molecule has 1 fully saturated rings. The zero-order valence-electron chi connectivity index (χ0n) is 18.2. The van der Waals surface area contributed by atoms with E-state index in [4.69, 9.17) is 14.2 Å². The Balaban J connectivity index is 1.66. The summed E-state index contributed by atoms with van der Waals surface area (Å²) in [5.41, 5.74) is -0.654. The number of alkyl halides is 3. The van der Waals surface area contributed by atoms with Crippen molar-refractivity contribution in [1.29, 1.82) is 0 Å². The number of aryl methyl sites for hydroxylation is 1. The molecule has 0 saturated carbocycles. The summed E-state index contributed by atoms with van der Waals surface area (Å²) in [6.07, 6.45) is -2.91. The minimum atomic E-state index is -4.70. The van der Waals surface area contributed by atoms with E-state index in [0.29, 0.717) is 18.9 Å². The van der Waals surface area contributed by atoms with Crippen LogP contribution in [0.3, 0.4) is 0 Å². The predicted octanol–water partition coefficient (Wildman–Crippen LogP) is 5.40. The number of nitrogens with zero attached hydrogens (tertiary/aromatic N) is 2. The highest BCUT2D eigenvalue weighted by Crippen LogP contribution is 2.37. The van der Waals surface area contributed by atoms with Crippen molar-refractivity contribution in [2.24, 2.45) is 0 Å². The first-order valence-electron chi connectivity index (χ1n) is 10.5. The second kappa shape index (κ2) is 9.62. The van der Waals surface area contributed by atoms with Crippen molar-refractivity contribution in [2.45, 2.75) is 44.4 Å². The van der Waals surface area contributed by atoms with Crippen LogP contribution < -0.4 is 0 Å². The zero-order chi connectivity index (χ0) is 23.6. The van der Waals surface area contributed by atoms with E-state index < -0.39 is 36.4 Å². The first kappa shape index (κ1) is 23.4. The van der Waals surface area contributed by atoms with E-state index in [2.05, 4.69) is 4.98 Å². The van der Waals surface area contributed by atoms with Crippen LogP contribution in [-0.4, -0.2) is 35.5 Å². The summed E-state index contributed by atoms with van der Waals surface area (Å²) < 4.78 is 75.2. The van der Waals surface area contributed by atoms with Gasteiger partial charge in [0.15, 0.2) is 0 Å².